The van der Waals surface area contributed by atoms with Crippen molar-refractivity contribution in [1.82, 2.24) is 10.3 Å². The maximum atomic E-state index is 14.3. The number of fused-ring (bicyclic) bond motifs is 1. The van der Waals surface area contributed by atoms with Gasteiger partial charge >= 0.3 is 30.3 Å². The first-order chi connectivity index (χ1) is 13.3. The highest BCUT2D eigenvalue weighted by molar-refractivity contribution is 7.22. The van der Waals surface area contributed by atoms with E-state index in [9.17, 15) is 39.9 Å². The fourth-order valence-corrected chi connectivity index (χ4v) is 3.00. The van der Waals surface area contributed by atoms with Crippen molar-refractivity contribution in [2.45, 2.75) is 37.3 Å². The molecule has 1 aromatic carbocycles. The summed E-state index contributed by atoms with van der Waals surface area (Å²) in [6.07, 6.45) is -10.0. The number of rotatable bonds is 8. The highest BCUT2D eigenvalue weighted by Crippen LogP contribution is 2.50. The number of anilines is 1. The van der Waals surface area contributed by atoms with Crippen LogP contribution in [0.5, 0.6) is 0 Å². The Bertz CT molecular complexity index is 828. The second-order valence-electron chi connectivity index (χ2n) is 5.55. The number of aromatic nitrogens is 1. The molecule has 0 radical (unpaired) electrons. The van der Waals surface area contributed by atoms with Crippen LogP contribution in [0.2, 0.25) is 0 Å². The van der Waals surface area contributed by atoms with E-state index in [-0.39, 0.29) is 12.1 Å². The van der Waals surface area contributed by atoms with Crippen LogP contribution in [0.15, 0.2) is 24.3 Å². The van der Waals surface area contributed by atoms with Crippen LogP contribution in [0.25, 0.3) is 10.2 Å². The summed E-state index contributed by atoms with van der Waals surface area (Å²) >= 11 is 0.678. The van der Waals surface area contributed by atoms with Crippen LogP contribution >= 0.6 is 11.3 Å². The number of ether oxygens (including phenoxy) is 1. The van der Waals surface area contributed by atoms with E-state index in [2.05, 4.69) is 9.72 Å². The number of carbonyl (C=O) groups is 1. The number of nitrogens with zero attached hydrogens (tertiary/aromatic N) is 1. The maximum Gasteiger partial charge on any atom is 0.408 e. The van der Waals surface area contributed by atoms with Crippen molar-refractivity contribution in [2.75, 3.05) is 11.9 Å². The minimum absolute atomic E-state index is 0.253. The van der Waals surface area contributed by atoms with Gasteiger partial charge < -0.3 is 10.1 Å². The summed E-state index contributed by atoms with van der Waals surface area (Å²) < 4.78 is 112. The molecule has 2 N–H and O–H groups in total. The monoisotopic (exact) mass is 451 g/mol. The predicted molar refractivity (Wildman–Crippen MR) is 88.0 cm³/mol. The largest absolute Gasteiger partial charge is 0.450 e. The Morgan fingerprint density at radius 3 is 2.31 bits per heavy atom. The first kappa shape index (κ1) is 22.9. The Labute approximate surface area is 162 Å². The van der Waals surface area contributed by atoms with Gasteiger partial charge in [-0.15, -0.1) is 0 Å². The number of hydrogen-bond acceptors (Lipinski definition) is 5. The summed E-state index contributed by atoms with van der Waals surface area (Å²) in [5.41, 5.74) is 0.253. The quantitative estimate of drug-likeness (QED) is 0.441. The summed E-state index contributed by atoms with van der Waals surface area (Å²) in [5, 5.41) is 2.50. The smallest absolute Gasteiger partial charge is 0.408 e. The van der Waals surface area contributed by atoms with E-state index >= 15 is 0 Å². The van der Waals surface area contributed by atoms with Crippen LogP contribution in [0, 0.1) is 0 Å². The molecule has 0 saturated carbocycles. The number of para-hydroxylation sites is 1. The molecule has 1 unspecified atom stereocenters. The minimum Gasteiger partial charge on any atom is -0.450 e. The number of amides is 1. The van der Waals surface area contributed by atoms with E-state index in [4.69, 9.17) is 0 Å². The second kappa shape index (κ2) is 8.16. The van der Waals surface area contributed by atoms with Crippen molar-refractivity contribution < 1.29 is 44.7 Å². The molecule has 162 valence electrons. The molecule has 1 amide bonds. The van der Waals surface area contributed by atoms with E-state index in [0.717, 1.165) is 0 Å². The van der Waals surface area contributed by atoms with E-state index in [0.29, 0.717) is 16.0 Å². The van der Waals surface area contributed by atoms with Gasteiger partial charge in [0.2, 0.25) is 0 Å². The molecule has 0 spiro atoms. The van der Waals surface area contributed by atoms with Crippen molar-refractivity contribution in [3.05, 3.63) is 24.3 Å². The third kappa shape index (κ3) is 4.31. The Kier molecular flexibility index (Phi) is 6.45. The second-order valence-corrected chi connectivity index (χ2v) is 6.58. The van der Waals surface area contributed by atoms with Crippen LogP contribution in [0.4, 0.5) is 45.0 Å². The third-order valence-corrected chi connectivity index (χ3v) is 4.54. The average molecular weight is 451 g/mol. The average Bonchev–Trinajstić information content (AvgIpc) is 3.03. The Morgan fingerprint density at radius 2 is 1.76 bits per heavy atom. The van der Waals surface area contributed by atoms with Crippen molar-refractivity contribution in [1.29, 1.82) is 0 Å². The fraction of sp³-hybridized carbons (Fsp3) is 0.467. The number of thiazole rings is 1. The standard InChI is InChI=1S/C15H13F8N3O2S/c1-2-28-12(27)26-10(14(20,21)15(22,23)13(18,19)9(16)17)25-11-24-7-5-3-4-6-8(7)29-11/h3-6,9-10H,2H2,1H3,(H,24,25)(H,26,27). The molecular formula is C15H13F8N3O2S. The summed E-state index contributed by atoms with van der Waals surface area (Å²) in [7, 11) is 0. The highest BCUT2D eigenvalue weighted by Gasteiger charge is 2.78. The van der Waals surface area contributed by atoms with Crippen LogP contribution in [0.3, 0.4) is 0 Å². The van der Waals surface area contributed by atoms with Gasteiger partial charge in [0.25, 0.3) is 0 Å². The molecule has 1 heterocycles. The molecule has 29 heavy (non-hydrogen) atoms. The Hall–Kier alpha value is -2.38. The first-order valence-corrected chi connectivity index (χ1v) is 8.63. The normalized spacial score (nSPS) is 14.1. The molecule has 0 aliphatic heterocycles. The fourth-order valence-electron chi connectivity index (χ4n) is 2.11. The number of carbonyl (C=O) groups excluding carboxylic acids is 1. The number of hydrogen-bond donors (Lipinski definition) is 2. The lowest BCUT2D eigenvalue weighted by Gasteiger charge is -2.36. The lowest BCUT2D eigenvalue weighted by atomic mass is 10.0. The highest BCUT2D eigenvalue weighted by atomic mass is 32.1. The summed E-state index contributed by atoms with van der Waals surface area (Å²) in [4.78, 5) is 15.3. The van der Waals surface area contributed by atoms with E-state index in [1.165, 1.54) is 30.4 Å². The zero-order chi connectivity index (χ0) is 22.0. The maximum absolute atomic E-state index is 14.3. The number of alkyl carbamates (subject to hydrolysis) is 1. The van der Waals surface area contributed by atoms with Gasteiger partial charge in [0.05, 0.1) is 16.8 Å². The van der Waals surface area contributed by atoms with Crippen molar-refractivity contribution in [3.63, 3.8) is 0 Å². The zero-order valence-corrected chi connectivity index (χ0v) is 15.2. The SMILES string of the molecule is CCOC(=O)NC(Nc1nc2ccccc2s1)C(F)(F)C(F)(F)C(F)(F)C(F)F. The topological polar surface area (TPSA) is 63.2 Å². The van der Waals surface area contributed by atoms with E-state index in [1.807, 2.05) is 0 Å². The van der Waals surface area contributed by atoms with Gasteiger partial charge in [0, 0.05) is 0 Å². The van der Waals surface area contributed by atoms with Crippen LogP contribution in [-0.4, -0.2) is 48.0 Å². The van der Waals surface area contributed by atoms with E-state index in [1.54, 1.807) is 11.4 Å². The molecule has 1 atom stereocenters. The first-order valence-electron chi connectivity index (χ1n) is 7.81. The summed E-state index contributed by atoms with van der Waals surface area (Å²) in [6, 6.07) is 6.04. The van der Waals surface area contributed by atoms with Gasteiger partial charge in [-0.05, 0) is 19.1 Å². The van der Waals surface area contributed by atoms with Gasteiger partial charge in [0.15, 0.2) is 11.3 Å². The molecule has 0 bridgehead atoms. The number of nitrogens with one attached hydrogen (secondary N) is 2. The van der Waals surface area contributed by atoms with Gasteiger partial charge in [0.1, 0.15) is 0 Å². The van der Waals surface area contributed by atoms with Crippen molar-refractivity contribution in [3.8, 4) is 0 Å². The number of halogens is 8. The molecular weight excluding hydrogens is 438 g/mol. The Balaban J connectivity index is 2.43. The summed E-state index contributed by atoms with van der Waals surface area (Å²) in [6.45, 7) is 0.891. The molecule has 0 aliphatic carbocycles. The van der Waals surface area contributed by atoms with Gasteiger partial charge in [-0.2, -0.15) is 26.3 Å². The van der Waals surface area contributed by atoms with Crippen LogP contribution < -0.4 is 10.6 Å². The third-order valence-electron chi connectivity index (χ3n) is 3.57. The van der Waals surface area contributed by atoms with Crippen LogP contribution in [0.1, 0.15) is 6.92 Å². The molecule has 0 fully saturated rings. The number of alkyl halides is 8. The molecule has 5 nitrogen and oxygen atoms in total. The van der Waals surface area contributed by atoms with Gasteiger partial charge in [-0.3, -0.25) is 5.32 Å². The summed E-state index contributed by atoms with van der Waals surface area (Å²) in [5.74, 6) is -18.8. The van der Waals surface area contributed by atoms with E-state index < -0.39 is 41.6 Å². The predicted octanol–water partition coefficient (Wildman–Crippen LogP) is 4.95. The van der Waals surface area contributed by atoms with Crippen LogP contribution in [-0.2, 0) is 4.74 Å². The molecule has 0 saturated heterocycles. The minimum atomic E-state index is -6.54. The van der Waals surface area contributed by atoms with Crippen molar-refractivity contribution >= 4 is 32.8 Å². The lowest BCUT2D eigenvalue weighted by molar-refractivity contribution is -0.342. The van der Waals surface area contributed by atoms with Gasteiger partial charge in [-0.25, -0.2) is 18.6 Å². The molecule has 0 aliphatic rings. The molecule has 2 aromatic rings. The lowest BCUT2D eigenvalue weighted by Crippen LogP contribution is -2.67. The van der Waals surface area contributed by atoms with Crippen molar-refractivity contribution in [2.24, 2.45) is 0 Å². The molecule has 14 heteroatoms. The Morgan fingerprint density at radius 1 is 1.14 bits per heavy atom. The zero-order valence-electron chi connectivity index (χ0n) is 14.4. The molecule has 2 rings (SSSR count). The number of benzene rings is 1. The van der Waals surface area contributed by atoms with Gasteiger partial charge in [-0.1, -0.05) is 23.5 Å². The molecule has 1 aromatic heterocycles.